The van der Waals surface area contributed by atoms with Gasteiger partial charge in [-0.1, -0.05) is 31.9 Å². The molecule has 3 heteroatoms. The number of ether oxygens (including phenoxy) is 1. The molecular weight excluding hydrogens is 212 g/mol. The van der Waals surface area contributed by atoms with Crippen LogP contribution in [0.5, 0.6) is 5.75 Å². The summed E-state index contributed by atoms with van der Waals surface area (Å²) in [5, 5.41) is 0. The molecule has 1 aromatic rings. The Bertz CT molecular complexity index is 298. The summed E-state index contributed by atoms with van der Waals surface area (Å²) >= 11 is 0. The summed E-state index contributed by atoms with van der Waals surface area (Å²) in [6, 6.07) is 8.67. The third-order valence-electron chi connectivity index (χ3n) is 3.08. The lowest BCUT2D eigenvalue weighted by molar-refractivity contribution is 0.414. The zero-order chi connectivity index (χ0) is 12.5. The van der Waals surface area contributed by atoms with Crippen molar-refractivity contribution in [2.45, 2.75) is 45.1 Å². The summed E-state index contributed by atoms with van der Waals surface area (Å²) in [5.41, 5.74) is 4.24. The standard InChI is InChI=1S/C14H24N2O/c1-3-4-5-13(16-15)9-6-12-7-10-14(17-2)11-8-12/h7-8,10-11,13,16H,3-6,9,15H2,1-2H3. The number of hydrogen-bond acceptors (Lipinski definition) is 3. The maximum atomic E-state index is 5.55. The first-order valence-corrected chi connectivity index (χ1v) is 6.39. The lowest BCUT2D eigenvalue weighted by Crippen LogP contribution is -2.35. The summed E-state index contributed by atoms with van der Waals surface area (Å²) in [6.07, 6.45) is 5.76. The van der Waals surface area contributed by atoms with E-state index in [0.717, 1.165) is 25.0 Å². The highest BCUT2D eigenvalue weighted by Crippen LogP contribution is 2.14. The molecule has 0 radical (unpaired) electrons. The number of nitrogens with two attached hydrogens (primary N) is 1. The van der Waals surface area contributed by atoms with Gasteiger partial charge in [-0.05, 0) is 37.0 Å². The Morgan fingerprint density at radius 1 is 1.24 bits per heavy atom. The first-order valence-electron chi connectivity index (χ1n) is 6.39. The van der Waals surface area contributed by atoms with Gasteiger partial charge in [0.05, 0.1) is 7.11 Å². The summed E-state index contributed by atoms with van der Waals surface area (Å²) in [6.45, 7) is 2.21. The van der Waals surface area contributed by atoms with Gasteiger partial charge in [0.2, 0.25) is 0 Å². The van der Waals surface area contributed by atoms with Crippen LogP contribution < -0.4 is 16.0 Å². The summed E-state index contributed by atoms with van der Waals surface area (Å²) < 4.78 is 5.14. The highest BCUT2D eigenvalue weighted by Gasteiger charge is 2.06. The minimum absolute atomic E-state index is 0.428. The fourth-order valence-corrected chi connectivity index (χ4v) is 1.89. The van der Waals surface area contributed by atoms with Gasteiger partial charge in [-0.2, -0.15) is 0 Å². The van der Waals surface area contributed by atoms with Crippen molar-refractivity contribution in [1.82, 2.24) is 5.43 Å². The molecule has 0 saturated carbocycles. The van der Waals surface area contributed by atoms with Crippen LogP contribution in [0.4, 0.5) is 0 Å². The SMILES string of the molecule is CCCCC(CCc1ccc(OC)cc1)NN. The van der Waals surface area contributed by atoms with Crippen LogP contribution in [0.1, 0.15) is 38.2 Å². The van der Waals surface area contributed by atoms with Gasteiger partial charge in [0.15, 0.2) is 0 Å². The number of hydrazine groups is 1. The molecule has 96 valence electrons. The maximum absolute atomic E-state index is 5.55. The number of nitrogens with one attached hydrogen (secondary N) is 1. The second-order valence-corrected chi connectivity index (χ2v) is 4.39. The van der Waals surface area contributed by atoms with Gasteiger partial charge in [-0.25, -0.2) is 0 Å². The average molecular weight is 236 g/mol. The monoisotopic (exact) mass is 236 g/mol. The van der Waals surface area contributed by atoms with E-state index in [9.17, 15) is 0 Å². The van der Waals surface area contributed by atoms with Crippen molar-refractivity contribution in [2.24, 2.45) is 5.84 Å². The molecule has 0 aromatic heterocycles. The molecule has 1 atom stereocenters. The van der Waals surface area contributed by atoms with E-state index in [1.807, 2.05) is 12.1 Å². The van der Waals surface area contributed by atoms with Crippen molar-refractivity contribution >= 4 is 0 Å². The van der Waals surface area contributed by atoms with Crippen LogP contribution in [-0.2, 0) is 6.42 Å². The van der Waals surface area contributed by atoms with E-state index >= 15 is 0 Å². The molecule has 1 unspecified atom stereocenters. The van der Waals surface area contributed by atoms with Gasteiger partial charge in [0.1, 0.15) is 5.75 Å². The minimum atomic E-state index is 0.428. The van der Waals surface area contributed by atoms with Crippen LogP contribution in [-0.4, -0.2) is 13.2 Å². The van der Waals surface area contributed by atoms with E-state index in [4.69, 9.17) is 10.6 Å². The van der Waals surface area contributed by atoms with Gasteiger partial charge in [0.25, 0.3) is 0 Å². The van der Waals surface area contributed by atoms with Gasteiger partial charge in [0, 0.05) is 6.04 Å². The number of unbranched alkanes of at least 4 members (excludes halogenated alkanes) is 1. The number of rotatable bonds is 8. The van der Waals surface area contributed by atoms with Crippen LogP contribution >= 0.6 is 0 Å². The second-order valence-electron chi connectivity index (χ2n) is 4.39. The lowest BCUT2D eigenvalue weighted by atomic mass is 10.0. The predicted molar refractivity (Wildman–Crippen MR) is 72.0 cm³/mol. The third kappa shape index (κ3) is 5.20. The van der Waals surface area contributed by atoms with Crippen molar-refractivity contribution in [3.63, 3.8) is 0 Å². The van der Waals surface area contributed by atoms with E-state index in [1.165, 1.54) is 18.4 Å². The Balaban J connectivity index is 2.36. The Labute approximate surface area is 104 Å². The molecule has 0 aliphatic heterocycles. The van der Waals surface area contributed by atoms with E-state index in [-0.39, 0.29) is 0 Å². The summed E-state index contributed by atoms with van der Waals surface area (Å²) in [4.78, 5) is 0. The topological polar surface area (TPSA) is 47.3 Å². The van der Waals surface area contributed by atoms with Crippen molar-refractivity contribution in [1.29, 1.82) is 0 Å². The highest BCUT2D eigenvalue weighted by molar-refractivity contribution is 5.27. The van der Waals surface area contributed by atoms with E-state index in [0.29, 0.717) is 6.04 Å². The zero-order valence-electron chi connectivity index (χ0n) is 10.9. The Kier molecular flexibility index (Phi) is 6.67. The Morgan fingerprint density at radius 3 is 2.47 bits per heavy atom. The van der Waals surface area contributed by atoms with Gasteiger partial charge in [-0.15, -0.1) is 0 Å². The van der Waals surface area contributed by atoms with Crippen LogP contribution in [0.2, 0.25) is 0 Å². The minimum Gasteiger partial charge on any atom is -0.497 e. The van der Waals surface area contributed by atoms with Crippen molar-refractivity contribution in [2.75, 3.05) is 7.11 Å². The molecule has 1 aromatic carbocycles. The number of hydrogen-bond donors (Lipinski definition) is 2. The molecule has 0 aliphatic rings. The molecule has 3 N–H and O–H groups in total. The molecule has 0 amide bonds. The summed E-state index contributed by atoms with van der Waals surface area (Å²) in [5.74, 6) is 6.46. The van der Waals surface area contributed by atoms with E-state index in [1.54, 1.807) is 7.11 Å². The number of aryl methyl sites for hydroxylation is 1. The summed E-state index contributed by atoms with van der Waals surface area (Å²) in [7, 11) is 1.69. The maximum Gasteiger partial charge on any atom is 0.118 e. The molecule has 0 heterocycles. The highest BCUT2D eigenvalue weighted by atomic mass is 16.5. The molecule has 0 bridgehead atoms. The van der Waals surface area contributed by atoms with Gasteiger partial charge in [-0.3, -0.25) is 11.3 Å². The van der Waals surface area contributed by atoms with E-state index < -0.39 is 0 Å². The van der Waals surface area contributed by atoms with Gasteiger partial charge >= 0.3 is 0 Å². The molecule has 0 saturated heterocycles. The first-order chi connectivity index (χ1) is 8.30. The molecule has 0 spiro atoms. The molecule has 17 heavy (non-hydrogen) atoms. The van der Waals surface area contributed by atoms with Gasteiger partial charge < -0.3 is 4.74 Å². The lowest BCUT2D eigenvalue weighted by Gasteiger charge is -2.15. The van der Waals surface area contributed by atoms with Crippen LogP contribution in [0.15, 0.2) is 24.3 Å². The first kappa shape index (κ1) is 14.0. The number of benzene rings is 1. The van der Waals surface area contributed by atoms with Crippen LogP contribution in [0.3, 0.4) is 0 Å². The smallest absolute Gasteiger partial charge is 0.118 e. The Morgan fingerprint density at radius 2 is 1.94 bits per heavy atom. The quantitative estimate of drug-likeness (QED) is 0.539. The zero-order valence-corrected chi connectivity index (χ0v) is 10.9. The molecule has 3 nitrogen and oxygen atoms in total. The number of methoxy groups -OCH3 is 1. The fraction of sp³-hybridized carbons (Fsp3) is 0.571. The predicted octanol–water partition coefficient (Wildman–Crippen LogP) is 2.65. The van der Waals surface area contributed by atoms with E-state index in [2.05, 4.69) is 24.5 Å². The van der Waals surface area contributed by atoms with Crippen molar-refractivity contribution in [3.8, 4) is 5.75 Å². The van der Waals surface area contributed by atoms with Crippen LogP contribution in [0, 0.1) is 0 Å². The molecule has 0 fully saturated rings. The largest absolute Gasteiger partial charge is 0.497 e. The fourth-order valence-electron chi connectivity index (χ4n) is 1.89. The molecule has 0 aliphatic carbocycles. The average Bonchev–Trinajstić information content (AvgIpc) is 2.39. The van der Waals surface area contributed by atoms with Crippen molar-refractivity contribution in [3.05, 3.63) is 29.8 Å². The van der Waals surface area contributed by atoms with Crippen molar-refractivity contribution < 1.29 is 4.74 Å². The molecular formula is C14H24N2O. The van der Waals surface area contributed by atoms with Crippen LogP contribution in [0.25, 0.3) is 0 Å². The third-order valence-corrected chi connectivity index (χ3v) is 3.08. The Hall–Kier alpha value is -1.06. The normalized spacial score (nSPS) is 12.4. The second kappa shape index (κ2) is 8.09. The molecule has 1 rings (SSSR count).